The van der Waals surface area contributed by atoms with Crippen LogP contribution in [0.4, 0.5) is 14.5 Å². The molecule has 1 saturated heterocycles. The fraction of sp³-hybridized carbons (Fsp3) is 0.310. The van der Waals surface area contributed by atoms with E-state index < -0.39 is 17.5 Å². The molecule has 1 heterocycles. The number of rotatable bonds is 10. The van der Waals surface area contributed by atoms with E-state index in [-0.39, 0.29) is 24.4 Å². The summed E-state index contributed by atoms with van der Waals surface area (Å²) in [5.74, 6) is -1.39. The smallest absolute Gasteiger partial charge is 0.258 e. The van der Waals surface area contributed by atoms with Crippen LogP contribution in [0.15, 0.2) is 72.8 Å². The van der Waals surface area contributed by atoms with Gasteiger partial charge in [-0.2, -0.15) is 0 Å². The number of nitrogens with one attached hydrogen (secondary N) is 1. The highest BCUT2D eigenvalue weighted by Crippen LogP contribution is 2.22. The van der Waals surface area contributed by atoms with E-state index >= 15 is 0 Å². The van der Waals surface area contributed by atoms with Gasteiger partial charge in [-0.05, 0) is 66.6 Å². The number of morpholine rings is 1. The molecule has 0 radical (unpaired) electrons. The Bertz CT molecular complexity index is 1200. The van der Waals surface area contributed by atoms with E-state index in [1.165, 1.54) is 35.2 Å². The number of carbonyl (C=O) groups excluding carboxylic acids is 2. The largest absolute Gasteiger partial charge is 0.379 e. The number of anilines is 1. The van der Waals surface area contributed by atoms with Crippen LogP contribution in [-0.4, -0.2) is 56.1 Å². The first-order valence-electron chi connectivity index (χ1n) is 12.5. The van der Waals surface area contributed by atoms with Gasteiger partial charge in [0.1, 0.15) is 11.6 Å². The SMILES string of the molecule is O=C(Cc1ccc(N(Cc2cccc(F)c2)C(=O)c2cccc(F)c2)cc1)NCCCN1CCOCC1. The summed E-state index contributed by atoms with van der Waals surface area (Å²) in [7, 11) is 0. The number of benzene rings is 3. The quantitative estimate of drug-likeness (QED) is 0.418. The normalized spacial score (nSPS) is 13.8. The van der Waals surface area contributed by atoms with Crippen LogP contribution in [0.2, 0.25) is 0 Å². The first-order valence-corrected chi connectivity index (χ1v) is 12.5. The zero-order valence-electron chi connectivity index (χ0n) is 20.7. The lowest BCUT2D eigenvalue weighted by Crippen LogP contribution is -2.38. The second-order valence-corrected chi connectivity index (χ2v) is 9.03. The summed E-state index contributed by atoms with van der Waals surface area (Å²) < 4.78 is 32.9. The molecule has 194 valence electrons. The molecule has 0 unspecified atom stereocenters. The fourth-order valence-electron chi connectivity index (χ4n) is 4.27. The van der Waals surface area contributed by atoms with Crippen LogP contribution < -0.4 is 10.2 Å². The molecule has 0 spiro atoms. The van der Waals surface area contributed by atoms with Crippen LogP contribution >= 0.6 is 0 Å². The molecule has 1 fully saturated rings. The monoisotopic (exact) mass is 507 g/mol. The van der Waals surface area contributed by atoms with Crippen LogP contribution in [-0.2, 0) is 22.5 Å². The predicted molar refractivity (Wildman–Crippen MR) is 138 cm³/mol. The molecule has 8 heteroatoms. The Morgan fingerprint density at radius 2 is 1.59 bits per heavy atom. The molecule has 0 bridgehead atoms. The number of halogens is 2. The minimum Gasteiger partial charge on any atom is -0.379 e. The summed E-state index contributed by atoms with van der Waals surface area (Å²) in [5.41, 5.74) is 2.16. The van der Waals surface area contributed by atoms with E-state index in [4.69, 9.17) is 4.74 Å². The number of hydrogen-bond acceptors (Lipinski definition) is 4. The van der Waals surface area contributed by atoms with Gasteiger partial charge < -0.3 is 15.0 Å². The van der Waals surface area contributed by atoms with Gasteiger partial charge in [0.2, 0.25) is 5.91 Å². The minimum atomic E-state index is -0.511. The Kier molecular flexibility index (Phi) is 9.35. The predicted octanol–water partition coefficient (Wildman–Crippen LogP) is 4.19. The van der Waals surface area contributed by atoms with Crippen molar-refractivity contribution in [1.29, 1.82) is 0 Å². The molecule has 1 aliphatic rings. The highest BCUT2D eigenvalue weighted by atomic mass is 19.1. The van der Waals surface area contributed by atoms with E-state index in [1.54, 1.807) is 42.5 Å². The van der Waals surface area contributed by atoms with Gasteiger partial charge in [-0.15, -0.1) is 0 Å². The van der Waals surface area contributed by atoms with Crippen LogP contribution in [0.5, 0.6) is 0 Å². The highest BCUT2D eigenvalue weighted by molar-refractivity contribution is 6.06. The average molecular weight is 508 g/mol. The lowest BCUT2D eigenvalue weighted by atomic mass is 10.1. The third-order valence-corrected chi connectivity index (χ3v) is 6.24. The van der Waals surface area contributed by atoms with Gasteiger partial charge in [-0.3, -0.25) is 14.5 Å². The van der Waals surface area contributed by atoms with Gasteiger partial charge in [0.15, 0.2) is 0 Å². The third kappa shape index (κ3) is 7.93. The van der Waals surface area contributed by atoms with Gasteiger partial charge in [0, 0.05) is 30.9 Å². The molecule has 1 N–H and O–H groups in total. The van der Waals surface area contributed by atoms with Crippen molar-refractivity contribution in [3.63, 3.8) is 0 Å². The number of hydrogen-bond donors (Lipinski definition) is 1. The molecular weight excluding hydrogens is 476 g/mol. The molecule has 1 aliphatic heterocycles. The lowest BCUT2D eigenvalue weighted by Gasteiger charge is -2.26. The summed E-state index contributed by atoms with van der Waals surface area (Å²) in [6.07, 6.45) is 1.10. The second kappa shape index (κ2) is 13.1. The summed E-state index contributed by atoms with van der Waals surface area (Å²) in [6.45, 7) is 5.02. The van der Waals surface area contributed by atoms with E-state index in [0.717, 1.165) is 44.8 Å². The van der Waals surface area contributed by atoms with Gasteiger partial charge in [-0.25, -0.2) is 8.78 Å². The first-order chi connectivity index (χ1) is 18.0. The molecular formula is C29H31F2N3O3. The van der Waals surface area contributed by atoms with Gasteiger partial charge in [-0.1, -0.05) is 30.3 Å². The number of carbonyl (C=O) groups is 2. The van der Waals surface area contributed by atoms with Crippen molar-refractivity contribution in [2.24, 2.45) is 0 Å². The van der Waals surface area contributed by atoms with Crippen LogP contribution in [0, 0.1) is 11.6 Å². The third-order valence-electron chi connectivity index (χ3n) is 6.24. The molecule has 0 saturated carbocycles. The average Bonchev–Trinajstić information content (AvgIpc) is 2.91. The van der Waals surface area contributed by atoms with Crippen molar-refractivity contribution in [1.82, 2.24) is 10.2 Å². The molecule has 4 rings (SSSR count). The molecule has 3 aromatic carbocycles. The Labute approximate surface area is 215 Å². The van der Waals surface area contributed by atoms with Crippen molar-refractivity contribution in [3.05, 3.63) is 101 Å². The van der Waals surface area contributed by atoms with Gasteiger partial charge >= 0.3 is 0 Å². The lowest BCUT2D eigenvalue weighted by molar-refractivity contribution is -0.120. The first kappa shape index (κ1) is 26.4. The van der Waals surface area contributed by atoms with Crippen molar-refractivity contribution in [2.45, 2.75) is 19.4 Å². The Morgan fingerprint density at radius 3 is 2.30 bits per heavy atom. The van der Waals surface area contributed by atoms with E-state index in [2.05, 4.69) is 10.2 Å². The highest BCUT2D eigenvalue weighted by Gasteiger charge is 2.19. The zero-order valence-corrected chi connectivity index (χ0v) is 20.7. The Morgan fingerprint density at radius 1 is 0.892 bits per heavy atom. The molecule has 3 aromatic rings. The maximum Gasteiger partial charge on any atom is 0.258 e. The summed E-state index contributed by atoms with van der Waals surface area (Å²) in [6, 6.07) is 18.6. The Hall–Kier alpha value is -3.62. The van der Waals surface area contributed by atoms with Crippen molar-refractivity contribution in [3.8, 4) is 0 Å². The van der Waals surface area contributed by atoms with E-state index in [0.29, 0.717) is 17.8 Å². The molecule has 0 atom stereocenters. The summed E-state index contributed by atoms with van der Waals surface area (Å²) >= 11 is 0. The Balaban J connectivity index is 1.39. The van der Waals surface area contributed by atoms with E-state index in [1.807, 2.05) is 0 Å². The van der Waals surface area contributed by atoms with E-state index in [9.17, 15) is 18.4 Å². The van der Waals surface area contributed by atoms with Crippen molar-refractivity contribution >= 4 is 17.5 Å². The minimum absolute atomic E-state index is 0.0674. The zero-order chi connectivity index (χ0) is 26.0. The van der Waals surface area contributed by atoms with Crippen LogP contribution in [0.25, 0.3) is 0 Å². The van der Waals surface area contributed by atoms with Crippen molar-refractivity contribution in [2.75, 3.05) is 44.3 Å². The fourth-order valence-corrected chi connectivity index (χ4v) is 4.27. The standard InChI is InChI=1S/C29H31F2N3O3/c30-25-6-1-4-23(18-25)21-34(29(36)24-5-2-7-26(31)20-24)27-10-8-22(9-11-27)19-28(35)32-12-3-13-33-14-16-37-17-15-33/h1-2,4-11,18,20H,3,12-17,19,21H2,(H,32,35). The topological polar surface area (TPSA) is 61.9 Å². The second-order valence-electron chi connectivity index (χ2n) is 9.03. The molecule has 0 aliphatic carbocycles. The maximum absolute atomic E-state index is 13.8. The summed E-state index contributed by atoms with van der Waals surface area (Å²) in [4.78, 5) is 29.5. The molecule has 6 nitrogen and oxygen atoms in total. The molecule has 37 heavy (non-hydrogen) atoms. The molecule has 0 aromatic heterocycles. The number of nitrogens with zero attached hydrogens (tertiary/aromatic N) is 2. The van der Waals surface area contributed by atoms with Crippen LogP contribution in [0.1, 0.15) is 27.9 Å². The number of amides is 2. The number of ether oxygens (including phenoxy) is 1. The molecule has 2 amide bonds. The van der Waals surface area contributed by atoms with Gasteiger partial charge in [0.25, 0.3) is 5.91 Å². The van der Waals surface area contributed by atoms with Crippen LogP contribution in [0.3, 0.4) is 0 Å². The maximum atomic E-state index is 13.8. The summed E-state index contributed by atoms with van der Waals surface area (Å²) in [5, 5.41) is 2.96. The van der Waals surface area contributed by atoms with Gasteiger partial charge in [0.05, 0.1) is 26.2 Å². The van der Waals surface area contributed by atoms with Crippen molar-refractivity contribution < 1.29 is 23.1 Å².